The highest BCUT2D eigenvalue weighted by Crippen LogP contribution is 2.20. The molecule has 2 N–H and O–H groups in total. The highest BCUT2D eigenvalue weighted by molar-refractivity contribution is 5.30. The van der Waals surface area contributed by atoms with Crippen LogP contribution in [-0.4, -0.2) is 6.61 Å². The molecule has 0 radical (unpaired) electrons. The molecule has 0 aromatic heterocycles. The van der Waals surface area contributed by atoms with Crippen LogP contribution in [0.5, 0.6) is 5.75 Å². The van der Waals surface area contributed by atoms with Crippen molar-refractivity contribution in [2.75, 3.05) is 6.61 Å². The molecular formula is C13H21NO. The van der Waals surface area contributed by atoms with Crippen LogP contribution >= 0.6 is 0 Å². The van der Waals surface area contributed by atoms with Gasteiger partial charge in [-0.05, 0) is 38.0 Å². The molecule has 0 aliphatic heterocycles. The maximum absolute atomic E-state index is 5.99. The average Bonchev–Trinajstić information content (AvgIpc) is 2.18. The van der Waals surface area contributed by atoms with E-state index in [1.54, 1.807) is 0 Å². The van der Waals surface area contributed by atoms with Gasteiger partial charge in [0, 0.05) is 5.54 Å². The van der Waals surface area contributed by atoms with Crippen LogP contribution in [-0.2, 0) is 5.54 Å². The van der Waals surface area contributed by atoms with Crippen LogP contribution in [0.3, 0.4) is 0 Å². The number of ether oxygens (including phenoxy) is 1. The predicted octanol–water partition coefficient (Wildman–Crippen LogP) is 3.06. The van der Waals surface area contributed by atoms with Gasteiger partial charge in [0.05, 0.1) is 6.61 Å². The Morgan fingerprint density at radius 2 is 1.80 bits per heavy atom. The van der Waals surface area contributed by atoms with E-state index in [-0.39, 0.29) is 5.54 Å². The summed E-state index contributed by atoms with van der Waals surface area (Å²) < 4.78 is 5.57. The molecule has 2 heteroatoms. The predicted molar refractivity (Wildman–Crippen MR) is 64.1 cm³/mol. The van der Waals surface area contributed by atoms with E-state index in [1.165, 1.54) is 0 Å². The summed E-state index contributed by atoms with van der Waals surface area (Å²) in [4.78, 5) is 0. The molecule has 0 unspecified atom stereocenters. The molecule has 15 heavy (non-hydrogen) atoms. The van der Waals surface area contributed by atoms with Crippen LogP contribution in [0.25, 0.3) is 0 Å². The zero-order valence-electron chi connectivity index (χ0n) is 9.92. The van der Waals surface area contributed by atoms with Gasteiger partial charge in [-0.2, -0.15) is 0 Å². The molecule has 1 aromatic carbocycles. The van der Waals surface area contributed by atoms with Crippen molar-refractivity contribution in [1.29, 1.82) is 0 Å². The maximum atomic E-state index is 5.99. The molecule has 0 heterocycles. The van der Waals surface area contributed by atoms with Crippen molar-refractivity contribution in [3.63, 3.8) is 0 Å². The van der Waals surface area contributed by atoms with Crippen molar-refractivity contribution in [2.24, 2.45) is 5.73 Å². The molecule has 1 rings (SSSR count). The Morgan fingerprint density at radius 1 is 1.20 bits per heavy atom. The smallest absolute Gasteiger partial charge is 0.119 e. The standard InChI is InChI=1S/C13H21NO/c1-4-5-10-15-12-8-6-11(7-9-12)13(2,3)14/h6-9H,4-5,10,14H2,1-3H3. The summed E-state index contributed by atoms with van der Waals surface area (Å²) in [6.07, 6.45) is 2.26. The SMILES string of the molecule is CCCCOc1ccc(C(C)(C)N)cc1. The first-order valence-electron chi connectivity index (χ1n) is 5.56. The third kappa shape index (κ3) is 3.92. The quantitative estimate of drug-likeness (QED) is 0.753. The van der Waals surface area contributed by atoms with Gasteiger partial charge in [0.2, 0.25) is 0 Å². The molecule has 0 atom stereocenters. The summed E-state index contributed by atoms with van der Waals surface area (Å²) in [6, 6.07) is 8.03. The summed E-state index contributed by atoms with van der Waals surface area (Å²) in [5.41, 5.74) is 6.84. The van der Waals surface area contributed by atoms with Crippen LogP contribution in [0.1, 0.15) is 39.2 Å². The van der Waals surface area contributed by atoms with E-state index in [1.807, 2.05) is 38.1 Å². The van der Waals surface area contributed by atoms with E-state index in [0.717, 1.165) is 30.8 Å². The van der Waals surface area contributed by atoms with Crippen molar-refractivity contribution in [3.05, 3.63) is 29.8 Å². The van der Waals surface area contributed by atoms with Crippen molar-refractivity contribution in [3.8, 4) is 5.75 Å². The second-order valence-electron chi connectivity index (χ2n) is 4.45. The van der Waals surface area contributed by atoms with Gasteiger partial charge in [-0.15, -0.1) is 0 Å². The number of rotatable bonds is 5. The molecule has 84 valence electrons. The molecule has 0 aliphatic rings. The van der Waals surface area contributed by atoms with Crippen molar-refractivity contribution >= 4 is 0 Å². The van der Waals surface area contributed by atoms with E-state index in [9.17, 15) is 0 Å². The molecule has 0 spiro atoms. The molecule has 2 nitrogen and oxygen atoms in total. The molecule has 0 saturated heterocycles. The molecular weight excluding hydrogens is 186 g/mol. The highest BCUT2D eigenvalue weighted by Gasteiger charge is 2.13. The van der Waals surface area contributed by atoms with Crippen molar-refractivity contribution < 1.29 is 4.74 Å². The number of benzene rings is 1. The van der Waals surface area contributed by atoms with Gasteiger partial charge in [-0.3, -0.25) is 0 Å². The molecule has 0 fully saturated rings. The lowest BCUT2D eigenvalue weighted by molar-refractivity contribution is 0.309. The minimum absolute atomic E-state index is 0.276. The van der Waals surface area contributed by atoms with E-state index in [2.05, 4.69) is 6.92 Å². The fourth-order valence-electron chi connectivity index (χ4n) is 1.32. The zero-order valence-corrected chi connectivity index (χ0v) is 9.92. The van der Waals surface area contributed by atoms with Gasteiger partial charge in [-0.25, -0.2) is 0 Å². The van der Waals surface area contributed by atoms with Crippen molar-refractivity contribution in [2.45, 2.75) is 39.2 Å². The first kappa shape index (κ1) is 12.1. The molecule has 0 amide bonds. The van der Waals surface area contributed by atoms with Crippen LogP contribution in [0.2, 0.25) is 0 Å². The fourth-order valence-corrected chi connectivity index (χ4v) is 1.32. The second kappa shape index (κ2) is 5.17. The van der Waals surface area contributed by atoms with E-state index >= 15 is 0 Å². The summed E-state index contributed by atoms with van der Waals surface area (Å²) in [5.74, 6) is 0.927. The van der Waals surface area contributed by atoms with E-state index < -0.39 is 0 Å². The first-order valence-corrected chi connectivity index (χ1v) is 5.56. The molecule has 0 aliphatic carbocycles. The topological polar surface area (TPSA) is 35.2 Å². The Hall–Kier alpha value is -1.02. The average molecular weight is 207 g/mol. The third-order valence-corrected chi connectivity index (χ3v) is 2.36. The lowest BCUT2D eigenvalue weighted by atomic mass is 9.96. The molecule has 0 saturated carbocycles. The van der Waals surface area contributed by atoms with Gasteiger partial charge < -0.3 is 10.5 Å². The van der Waals surface area contributed by atoms with Crippen LogP contribution in [0.15, 0.2) is 24.3 Å². The number of hydrogen-bond donors (Lipinski definition) is 1. The number of hydrogen-bond acceptors (Lipinski definition) is 2. The minimum atomic E-state index is -0.276. The van der Waals surface area contributed by atoms with E-state index in [0.29, 0.717) is 0 Å². The summed E-state index contributed by atoms with van der Waals surface area (Å²) in [5, 5.41) is 0. The first-order chi connectivity index (χ1) is 7.04. The zero-order chi connectivity index (χ0) is 11.3. The monoisotopic (exact) mass is 207 g/mol. The van der Waals surface area contributed by atoms with Gasteiger partial charge in [0.25, 0.3) is 0 Å². The second-order valence-corrected chi connectivity index (χ2v) is 4.45. The van der Waals surface area contributed by atoms with Gasteiger partial charge >= 0.3 is 0 Å². The Kier molecular flexibility index (Phi) is 4.15. The Bertz CT molecular complexity index is 284. The molecule has 1 aromatic rings. The maximum Gasteiger partial charge on any atom is 0.119 e. The number of nitrogens with two attached hydrogens (primary N) is 1. The van der Waals surface area contributed by atoms with Gasteiger partial charge in [-0.1, -0.05) is 25.5 Å². The minimum Gasteiger partial charge on any atom is -0.494 e. The van der Waals surface area contributed by atoms with Crippen LogP contribution in [0, 0.1) is 0 Å². The van der Waals surface area contributed by atoms with Crippen LogP contribution in [0.4, 0.5) is 0 Å². The molecule has 0 bridgehead atoms. The third-order valence-electron chi connectivity index (χ3n) is 2.36. The summed E-state index contributed by atoms with van der Waals surface area (Å²) in [7, 11) is 0. The lowest BCUT2D eigenvalue weighted by Gasteiger charge is -2.19. The summed E-state index contributed by atoms with van der Waals surface area (Å²) in [6.45, 7) is 6.95. The van der Waals surface area contributed by atoms with Gasteiger partial charge in [0.1, 0.15) is 5.75 Å². The van der Waals surface area contributed by atoms with Gasteiger partial charge in [0.15, 0.2) is 0 Å². The normalized spacial score (nSPS) is 11.5. The van der Waals surface area contributed by atoms with Crippen molar-refractivity contribution in [1.82, 2.24) is 0 Å². The fraction of sp³-hybridized carbons (Fsp3) is 0.538. The Morgan fingerprint density at radius 3 is 2.27 bits per heavy atom. The van der Waals surface area contributed by atoms with E-state index in [4.69, 9.17) is 10.5 Å². The van der Waals surface area contributed by atoms with Crippen LogP contribution < -0.4 is 10.5 Å². The Balaban J connectivity index is 2.57. The number of unbranched alkanes of at least 4 members (excludes halogenated alkanes) is 1. The lowest BCUT2D eigenvalue weighted by Crippen LogP contribution is -2.28. The summed E-state index contributed by atoms with van der Waals surface area (Å²) >= 11 is 0. The Labute approximate surface area is 92.4 Å². The highest BCUT2D eigenvalue weighted by atomic mass is 16.5. The largest absolute Gasteiger partial charge is 0.494 e.